The monoisotopic (exact) mass is 812 g/mol. The summed E-state index contributed by atoms with van der Waals surface area (Å²) in [4.78, 5) is 59.5. The molecule has 2 heterocycles. The van der Waals surface area contributed by atoms with Gasteiger partial charge in [0.15, 0.2) is 0 Å². The van der Waals surface area contributed by atoms with Crippen LogP contribution in [-0.4, -0.2) is 75.4 Å². The minimum atomic E-state index is -0.829. The maximum atomic E-state index is 14.6. The molecular formula is C46H42Cl2N6O4. The highest BCUT2D eigenvalue weighted by atomic mass is 35.5. The summed E-state index contributed by atoms with van der Waals surface area (Å²) < 4.78 is 0. The van der Waals surface area contributed by atoms with Crippen LogP contribution in [0.25, 0.3) is 21.5 Å². The number of carbonyl (C=O) groups is 4. The van der Waals surface area contributed by atoms with E-state index in [1.165, 1.54) is 0 Å². The average Bonchev–Trinajstić information content (AvgIpc) is 3.56. The Morgan fingerprint density at radius 1 is 0.776 bits per heavy atom. The van der Waals surface area contributed by atoms with E-state index in [0.29, 0.717) is 40.8 Å². The summed E-state index contributed by atoms with van der Waals surface area (Å²) in [6.45, 7) is 3.03. The van der Waals surface area contributed by atoms with Crippen molar-refractivity contribution in [2.45, 2.75) is 45.1 Å². The van der Waals surface area contributed by atoms with E-state index < -0.39 is 12.2 Å². The fourth-order valence-electron chi connectivity index (χ4n) is 8.07. The molecule has 294 valence electrons. The molecule has 12 heteroatoms. The topological polar surface area (TPSA) is 105 Å². The molecule has 0 aromatic heterocycles. The molecule has 0 radical (unpaired) electrons. The number of carbonyl (C=O) groups excluding carboxylic acids is 4. The van der Waals surface area contributed by atoms with Crippen LogP contribution >= 0.6 is 23.2 Å². The molecule has 2 atom stereocenters. The van der Waals surface area contributed by atoms with Gasteiger partial charge < -0.3 is 20.4 Å². The Labute approximate surface area is 346 Å². The van der Waals surface area contributed by atoms with Gasteiger partial charge in [0.05, 0.1) is 23.1 Å². The minimum Gasteiger partial charge on any atom is -0.333 e. The number of piperazine rings is 1. The van der Waals surface area contributed by atoms with E-state index in [0.717, 1.165) is 38.2 Å². The number of nitrogens with zero attached hydrogens (tertiary/aromatic N) is 4. The predicted octanol–water partition coefficient (Wildman–Crippen LogP) is 8.51. The molecule has 2 saturated heterocycles. The number of hydrogen-bond acceptors (Lipinski definition) is 5. The molecule has 6 aromatic carbocycles. The average molecular weight is 814 g/mol. The Balaban J connectivity index is 1.06. The van der Waals surface area contributed by atoms with Crippen LogP contribution in [0.1, 0.15) is 40.4 Å². The number of nitrogens with one attached hydrogen (secondary N) is 2. The van der Waals surface area contributed by atoms with Crippen LogP contribution < -0.4 is 10.6 Å². The summed E-state index contributed by atoms with van der Waals surface area (Å²) in [6.07, 6.45) is 0.297. The molecule has 6 aromatic rings. The third kappa shape index (κ3) is 7.96. The highest BCUT2D eigenvalue weighted by molar-refractivity contribution is 6.42. The van der Waals surface area contributed by atoms with Crippen LogP contribution in [0.2, 0.25) is 10.0 Å². The number of amides is 5. The van der Waals surface area contributed by atoms with Gasteiger partial charge in [0.25, 0.3) is 5.91 Å². The molecule has 2 fully saturated rings. The van der Waals surface area contributed by atoms with Gasteiger partial charge in [0.1, 0.15) is 12.2 Å². The molecule has 10 nitrogen and oxygen atoms in total. The second-order valence-corrected chi connectivity index (χ2v) is 15.5. The summed E-state index contributed by atoms with van der Waals surface area (Å²) in [5, 5.41) is 14.2. The zero-order valence-electron chi connectivity index (χ0n) is 31.9. The normalized spacial score (nSPS) is 16.8. The summed E-state index contributed by atoms with van der Waals surface area (Å²) >= 11 is 12.4. The van der Waals surface area contributed by atoms with Crippen LogP contribution in [-0.2, 0) is 29.1 Å². The summed E-state index contributed by atoms with van der Waals surface area (Å²) in [5.74, 6) is -0.622. The van der Waals surface area contributed by atoms with Gasteiger partial charge in [-0.15, -0.1) is 0 Å². The number of urea groups is 1. The van der Waals surface area contributed by atoms with Crippen molar-refractivity contribution in [3.63, 3.8) is 0 Å². The molecule has 58 heavy (non-hydrogen) atoms. The molecule has 0 unspecified atom stereocenters. The highest BCUT2D eigenvalue weighted by Crippen LogP contribution is 2.32. The van der Waals surface area contributed by atoms with E-state index >= 15 is 0 Å². The maximum Gasteiger partial charge on any atom is 0.332 e. The van der Waals surface area contributed by atoms with Crippen molar-refractivity contribution in [3.05, 3.63) is 160 Å². The third-order valence-electron chi connectivity index (χ3n) is 10.9. The van der Waals surface area contributed by atoms with Gasteiger partial charge in [-0.1, -0.05) is 127 Å². The van der Waals surface area contributed by atoms with Crippen LogP contribution in [0.3, 0.4) is 0 Å². The van der Waals surface area contributed by atoms with Crippen molar-refractivity contribution in [2.24, 2.45) is 0 Å². The third-order valence-corrected chi connectivity index (χ3v) is 11.6. The largest absolute Gasteiger partial charge is 0.333 e. The molecule has 5 amide bonds. The summed E-state index contributed by atoms with van der Waals surface area (Å²) in [6, 6.07) is 38.9. The number of rotatable bonds is 11. The van der Waals surface area contributed by atoms with Gasteiger partial charge >= 0.3 is 6.03 Å². The van der Waals surface area contributed by atoms with E-state index in [1.54, 1.807) is 39.2 Å². The second-order valence-electron chi connectivity index (χ2n) is 14.7. The van der Waals surface area contributed by atoms with Crippen molar-refractivity contribution in [1.29, 1.82) is 0 Å². The highest BCUT2D eigenvalue weighted by Gasteiger charge is 2.52. The fraction of sp³-hybridized carbons (Fsp3) is 0.217. The van der Waals surface area contributed by atoms with Gasteiger partial charge in [-0.2, -0.15) is 5.01 Å². The first kappa shape index (κ1) is 38.9. The number of hydrogen-bond donors (Lipinski definition) is 2. The Bertz CT molecular complexity index is 2520. The number of anilines is 1. The molecule has 2 aliphatic heterocycles. The number of halogens is 2. The van der Waals surface area contributed by atoms with Gasteiger partial charge in [-0.25, -0.2) is 4.79 Å². The standard InChI is InChI=1S/C46H42Cl2N6O4/c1-2-23-52(46(58)49-26-31-19-22-39(47)40(48)24-31)53-29-43(55)54-41(45(57)51(28-42(53)54)27-34-13-7-11-32-9-3-5-14-36(32)34)25-30-17-20-35(21-18-30)50-44(56)38-16-8-12-33-10-4-6-15-37(33)38/h3-22,24,41-42H,2,23,25-29H2,1H3,(H,49,58)(H,50,56)/t41-,42+/m0/s1. The molecule has 0 bridgehead atoms. The molecule has 0 spiro atoms. The lowest BCUT2D eigenvalue weighted by Gasteiger charge is -2.46. The van der Waals surface area contributed by atoms with Gasteiger partial charge in [-0.3, -0.25) is 19.4 Å². The van der Waals surface area contributed by atoms with E-state index in [2.05, 4.69) is 16.7 Å². The van der Waals surface area contributed by atoms with Crippen LogP contribution in [0.5, 0.6) is 0 Å². The number of benzene rings is 6. The summed E-state index contributed by atoms with van der Waals surface area (Å²) in [7, 11) is 0. The Kier molecular flexibility index (Phi) is 11.3. The lowest BCUT2D eigenvalue weighted by atomic mass is 9.98. The van der Waals surface area contributed by atoms with Crippen LogP contribution in [0, 0.1) is 0 Å². The van der Waals surface area contributed by atoms with E-state index in [4.69, 9.17) is 23.2 Å². The van der Waals surface area contributed by atoms with Crippen molar-refractivity contribution >= 4 is 74.2 Å². The van der Waals surface area contributed by atoms with Gasteiger partial charge in [0.2, 0.25) is 11.8 Å². The van der Waals surface area contributed by atoms with Gasteiger partial charge in [0, 0.05) is 37.3 Å². The fourth-order valence-corrected chi connectivity index (χ4v) is 8.39. The van der Waals surface area contributed by atoms with Crippen molar-refractivity contribution in [2.75, 3.05) is 25.0 Å². The molecule has 0 saturated carbocycles. The predicted molar refractivity (Wildman–Crippen MR) is 228 cm³/mol. The number of fused-ring (bicyclic) bond motifs is 3. The smallest absolute Gasteiger partial charge is 0.332 e. The minimum absolute atomic E-state index is 0.0596. The van der Waals surface area contributed by atoms with E-state index in [9.17, 15) is 19.2 Å². The lowest BCUT2D eigenvalue weighted by molar-refractivity contribution is -0.157. The maximum absolute atomic E-state index is 14.6. The first-order chi connectivity index (χ1) is 28.2. The first-order valence-corrected chi connectivity index (χ1v) is 20.1. The second kappa shape index (κ2) is 16.9. The molecule has 0 aliphatic carbocycles. The molecule has 2 N–H and O–H groups in total. The molecule has 8 rings (SSSR count). The Morgan fingerprint density at radius 2 is 1.45 bits per heavy atom. The quantitative estimate of drug-likeness (QED) is 0.137. The first-order valence-electron chi connectivity index (χ1n) is 19.4. The Morgan fingerprint density at radius 3 is 2.19 bits per heavy atom. The zero-order valence-corrected chi connectivity index (χ0v) is 33.4. The van der Waals surface area contributed by atoms with Crippen molar-refractivity contribution in [1.82, 2.24) is 25.1 Å². The lowest BCUT2D eigenvalue weighted by Crippen LogP contribution is -2.66. The Hall–Kier alpha value is -5.94. The molecule has 2 aliphatic rings. The van der Waals surface area contributed by atoms with Gasteiger partial charge in [-0.05, 0) is 75.0 Å². The van der Waals surface area contributed by atoms with Crippen molar-refractivity contribution in [3.8, 4) is 0 Å². The van der Waals surface area contributed by atoms with E-state index in [-0.39, 0.29) is 49.8 Å². The summed E-state index contributed by atoms with van der Waals surface area (Å²) in [5.41, 5.74) is 3.78. The zero-order chi connectivity index (χ0) is 40.3. The number of hydrazine groups is 1. The van der Waals surface area contributed by atoms with Crippen LogP contribution in [0.15, 0.2) is 127 Å². The van der Waals surface area contributed by atoms with Crippen molar-refractivity contribution < 1.29 is 19.2 Å². The van der Waals surface area contributed by atoms with Crippen LogP contribution in [0.4, 0.5) is 10.5 Å². The van der Waals surface area contributed by atoms with E-state index in [1.807, 2.05) is 109 Å². The SMILES string of the molecule is CCCN(C(=O)NCc1ccc(Cl)c(Cl)c1)N1CC(=O)N2[C@@H](Cc3ccc(NC(=O)c4cccc5ccccc45)cc3)C(=O)N(Cc3cccc4ccccc34)C[C@@H]21. The molecular weight excluding hydrogens is 771 g/mol.